The Hall–Kier alpha value is -6.41. The quantitative estimate of drug-likeness (QED) is 0.0523. The number of carboxylic acid groups (broad SMARTS) is 1. The standard InChI is InChI=1S/C34H47FN10O10/c1-3-4-9-26(46)43-23(10-11-31(51)52)33(54)40-16-28(48)38-15-27(47)39-17-29(49)44-24(12-20-7-5-6-8-22(20)35)34(55)41-18-30(50)45(2)25(32(36)53)13-21-14-37-19-42-21/h5-8,14,19,23-25H,3-4,9-13,15-18H2,1-2H3,(H2,36,53)(H,37,42)(H,38,48)(H,39,47)(H,40,54)(H,41,55)(H,43,46)(H,44,49)(H,51,52)/t23?,24-,25-/m0/s1. The number of benzene rings is 1. The number of carbonyl (C=O) groups excluding carboxylic acids is 8. The summed E-state index contributed by atoms with van der Waals surface area (Å²) in [5.41, 5.74) is 6.07. The minimum atomic E-state index is -1.42. The molecular weight excluding hydrogens is 727 g/mol. The van der Waals surface area contributed by atoms with E-state index in [0.29, 0.717) is 12.1 Å². The largest absolute Gasteiger partial charge is 0.481 e. The van der Waals surface area contributed by atoms with E-state index < -0.39 is 110 Å². The SMILES string of the molecule is CCCCC(=O)NC(CCC(=O)O)C(=O)NCC(=O)NCC(=O)NCC(=O)N[C@@H](Cc1ccccc1F)C(=O)NCC(=O)N(C)[C@@H](Cc1cnc[nH]1)C(N)=O. The number of nitrogens with one attached hydrogen (secondary N) is 7. The monoisotopic (exact) mass is 774 g/mol. The molecule has 1 aromatic heterocycles. The molecule has 300 valence electrons. The topological polar surface area (TPSA) is 304 Å². The lowest BCUT2D eigenvalue weighted by Gasteiger charge is -2.26. The molecule has 21 heteroatoms. The van der Waals surface area contributed by atoms with E-state index in [9.17, 15) is 47.5 Å². The number of hydrogen-bond donors (Lipinski definition) is 9. The number of nitrogens with zero attached hydrogens (tertiary/aromatic N) is 2. The van der Waals surface area contributed by atoms with E-state index in [4.69, 9.17) is 10.8 Å². The molecule has 0 aliphatic rings. The summed E-state index contributed by atoms with van der Waals surface area (Å²) in [6.45, 7) is -0.656. The van der Waals surface area contributed by atoms with Crippen molar-refractivity contribution in [1.29, 1.82) is 0 Å². The van der Waals surface area contributed by atoms with Crippen LogP contribution in [0.25, 0.3) is 0 Å². The van der Waals surface area contributed by atoms with Crippen LogP contribution in [0.3, 0.4) is 0 Å². The number of amides is 8. The summed E-state index contributed by atoms with van der Waals surface area (Å²) in [6.07, 6.45) is 3.32. The third kappa shape index (κ3) is 16.9. The molecule has 0 aliphatic carbocycles. The van der Waals surface area contributed by atoms with Crippen LogP contribution in [0.4, 0.5) is 4.39 Å². The van der Waals surface area contributed by atoms with Gasteiger partial charge in [0.15, 0.2) is 0 Å². The molecule has 2 rings (SSSR count). The number of carboxylic acids is 1. The molecule has 20 nitrogen and oxygen atoms in total. The van der Waals surface area contributed by atoms with Gasteiger partial charge in [0.05, 0.1) is 32.5 Å². The molecule has 0 bridgehead atoms. The maximum absolute atomic E-state index is 14.5. The van der Waals surface area contributed by atoms with Crippen molar-refractivity contribution < 1.29 is 52.6 Å². The molecule has 2 aromatic rings. The van der Waals surface area contributed by atoms with E-state index in [1.165, 1.54) is 37.8 Å². The predicted octanol–water partition coefficient (Wildman–Crippen LogP) is -2.86. The number of H-pyrrole nitrogens is 1. The number of aromatic nitrogens is 2. The van der Waals surface area contributed by atoms with Gasteiger partial charge in [-0.1, -0.05) is 31.5 Å². The number of halogens is 1. The number of aromatic amines is 1. The molecule has 10 N–H and O–H groups in total. The molecule has 0 aliphatic heterocycles. The molecule has 0 spiro atoms. The number of rotatable bonds is 24. The Morgan fingerprint density at radius 1 is 0.818 bits per heavy atom. The van der Waals surface area contributed by atoms with Gasteiger partial charge in [0.1, 0.15) is 23.9 Å². The van der Waals surface area contributed by atoms with Crippen LogP contribution < -0.4 is 37.6 Å². The fraction of sp³-hybridized carbons (Fsp3) is 0.471. The van der Waals surface area contributed by atoms with Crippen LogP contribution in [0, 0.1) is 5.82 Å². The van der Waals surface area contributed by atoms with Crippen LogP contribution >= 0.6 is 0 Å². The van der Waals surface area contributed by atoms with E-state index in [-0.39, 0.29) is 31.2 Å². The average Bonchev–Trinajstić information content (AvgIpc) is 3.67. The maximum Gasteiger partial charge on any atom is 0.303 e. The second-order valence-electron chi connectivity index (χ2n) is 12.3. The first-order valence-corrected chi connectivity index (χ1v) is 17.3. The molecule has 1 aromatic carbocycles. The first kappa shape index (κ1) is 44.7. The number of imidazole rings is 1. The minimum Gasteiger partial charge on any atom is -0.481 e. The molecule has 0 radical (unpaired) electrons. The van der Waals surface area contributed by atoms with E-state index in [0.717, 1.165) is 17.4 Å². The third-order valence-electron chi connectivity index (χ3n) is 7.98. The Balaban J connectivity index is 1.91. The number of hydrogen-bond acceptors (Lipinski definition) is 10. The van der Waals surface area contributed by atoms with Gasteiger partial charge in [-0.2, -0.15) is 0 Å². The van der Waals surface area contributed by atoms with Gasteiger partial charge in [-0.05, 0) is 24.5 Å². The van der Waals surface area contributed by atoms with Gasteiger partial charge in [-0.25, -0.2) is 9.37 Å². The summed E-state index contributed by atoms with van der Waals surface area (Å²) >= 11 is 0. The highest BCUT2D eigenvalue weighted by molar-refractivity contribution is 5.94. The Kier molecular flexibility index (Phi) is 19.0. The lowest BCUT2D eigenvalue weighted by molar-refractivity contribution is -0.138. The summed E-state index contributed by atoms with van der Waals surface area (Å²) < 4.78 is 14.5. The fourth-order valence-corrected chi connectivity index (χ4v) is 4.87. The Bertz CT molecular complexity index is 1670. The number of aliphatic carboxylic acids is 1. The van der Waals surface area contributed by atoms with Gasteiger partial charge in [0, 0.05) is 44.6 Å². The van der Waals surface area contributed by atoms with E-state index in [2.05, 4.69) is 41.9 Å². The Morgan fingerprint density at radius 2 is 1.42 bits per heavy atom. The summed E-state index contributed by atoms with van der Waals surface area (Å²) in [4.78, 5) is 119. The fourth-order valence-electron chi connectivity index (χ4n) is 4.87. The molecule has 8 amide bonds. The second-order valence-corrected chi connectivity index (χ2v) is 12.3. The van der Waals surface area contributed by atoms with Crippen LogP contribution in [-0.2, 0) is 56.0 Å². The van der Waals surface area contributed by atoms with Crippen molar-refractivity contribution in [3.05, 3.63) is 53.9 Å². The molecule has 55 heavy (non-hydrogen) atoms. The molecule has 1 heterocycles. The summed E-state index contributed by atoms with van der Waals surface area (Å²) in [6, 6.07) is 1.78. The highest BCUT2D eigenvalue weighted by Crippen LogP contribution is 2.10. The van der Waals surface area contributed by atoms with Gasteiger partial charge in [0.25, 0.3) is 0 Å². The van der Waals surface area contributed by atoms with Crippen molar-refractivity contribution in [2.45, 2.75) is 70.0 Å². The van der Waals surface area contributed by atoms with Crippen molar-refractivity contribution >= 4 is 53.2 Å². The highest BCUT2D eigenvalue weighted by Gasteiger charge is 2.28. The Morgan fingerprint density at radius 3 is 2.02 bits per heavy atom. The van der Waals surface area contributed by atoms with Crippen molar-refractivity contribution in [3.63, 3.8) is 0 Å². The van der Waals surface area contributed by atoms with Gasteiger partial charge in [0.2, 0.25) is 47.3 Å². The molecule has 0 saturated carbocycles. The van der Waals surface area contributed by atoms with Gasteiger partial charge >= 0.3 is 5.97 Å². The van der Waals surface area contributed by atoms with Gasteiger partial charge in [-0.15, -0.1) is 0 Å². The molecule has 0 saturated heterocycles. The second kappa shape index (κ2) is 23.3. The summed E-state index contributed by atoms with van der Waals surface area (Å²) in [7, 11) is 1.32. The van der Waals surface area contributed by atoms with Crippen molar-refractivity contribution in [3.8, 4) is 0 Å². The van der Waals surface area contributed by atoms with Crippen molar-refractivity contribution in [2.75, 3.05) is 33.2 Å². The zero-order chi connectivity index (χ0) is 40.9. The van der Waals surface area contributed by atoms with Crippen LogP contribution in [0.2, 0.25) is 0 Å². The Labute approximate surface area is 315 Å². The lowest BCUT2D eigenvalue weighted by atomic mass is 10.0. The van der Waals surface area contributed by atoms with E-state index >= 15 is 0 Å². The highest BCUT2D eigenvalue weighted by atomic mass is 19.1. The predicted molar refractivity (Wildman–Crippen MR) is 190 cm³/mol. The summed E-state index contributed by atoms with van der Waals surface area (Å²) in [5, 5.41) is 22.9. The smallest absolute Gasteiger partial charge is 0.303 e. The van der Waals surface area contributed by atoms with E-state index in [1.54, 1.807) is 0 Å². The zero-order valence-electron chi connectivity index (χ0n) is 30.4. The first-order valence-electron chi connectivity index (χ1n) is 17.3. The number of likely N-dealkylation sites (N-methyl/N-ethyl adjacent to an activating group) is 1. The van der Waals surface area contributed by atoms with Gasteiger partial charge < -0.3 is 52.6 Å². The van der Waals surface area contributed by atoms with Crippen LogP contribution in [0.1, 0.15) is 50.3 Å². The number of unbranched alkanes of at least 4 members (excludes halogenated alkanes) is 1. The molecule has 3 atom stereocenters. The van der Waals surface area contributed by atoms with Crippen LogP contribution in [-0.4, -0.2) is 125 Å². The van der Waals surface area contributed by atoms with Crippen LogP contribution in [0.5, 0.6) is 0 Å². The van der Waals surface area contributed by atoms with Crippen LogP contribution in [0.15, 0.2) is 36.8 Å². The van der Waals surface area contributed by atoms with E-state index in [1.807, 2.05) is 6.92 Å². The normalized spacial score (nSPS) is 12.2. The summed E-state index contributed by atoms with van der Waals surface area (Å²) in [5.74, 6) is -8.01. The molecule has 0 fully saturated rings. The first-order chi connectivity index (χ1) is 26.1. The molecule has 1 unspecified atom stereocenters. The molecular formula is C34H47FN10O10. The average molecular weight is 775 g/mol. The number of primary amides is 1. The number of carbonyl (C=O) groups is 9. The third-order valence-corrected chi connectivity index (χ3v) is 7.98. The van der Waals surface area contributed by atoms with Gasteiger partial charge in [-0.3, -0.25) is 43.2 Å². The van der Waals surface area contributed by atoms with Crippen molar-refractivity contribution in [2.24, 2.45) is 5.73 Å². The maximum atomic E-state index is 14.5. The zero-order valence-corrected chi connectivity index (χ0v) is 30.4. The van der Waals surface area contributed by atoms with Crippen molar-refractivity contribution in [1.82, 2.24) is 46.8 Å². The minimum absolute atomic E-state index is 0.0280. The lowest BCUT2D eigenvalue weighted by Crippen LogP contribution is -2.54. The number of nitrogens with two attached hydrogens (primary N) is 1.